The van der Waals surface area contributed by atoms with Gasteiger partial charge in [-0.05, 0) is 18.2 Å². The van der Waals surface area contributed by atoms with Gasteiger partial charge in [-0.3, -0.25) is 0 Å². The number of carbonyl (C=O) groups is 3. The average molecular weight is 335 g/mol. The van der Waals surface area contributed by atoms with Gasteiger partial charge in [0.2, 0.25) is 0 Å². The molecule has 128 valence electrons. The molecule has 1 fully saturated rings. The van der Waals surface area contributed by atoms with E-state index in [4.69, 9.17) is 14.2 Å². The van der Waals surface area contributed by atoms with Gasteiger partial charge in [0.15, 0.2) is 5.57 Å². The molecule has 0 spiro atoms. The molecule has 0 aliphatic carbocycles. The van der Waals surface area contributed by atoms with Crippen LogP contribution in [0.15, 0.2) is 30.0 Å². The number of anilines is 1. The molecular weight excluding hydrogens is 318 g/mol. The number of methoxy groups -OCH3 is 2. The van der Waals surface area contributed by atoms with Gasteiger partial charge in [-0.2, -0.15) is 0 Å². The molecule has 1 aliphatic heterocycles. The third-order valence-corrected chi connectivity index (χ3v) is 3.10. The molecule has 2 rings (SSSR count). The van der Waals surface area contributed by atoms with Gasteiger partial charge in [0.1, 0.15) is 11.3 Å². The molecule has 8 nitrogen and oxygen atoms in total. The van der Waals surface area contributed by atoms with Crippen LogP contribution in [0.1, 0.15) is 24.2 Å². The van der Waals surface area contributed by atoms with Crippen LogP contribution in [0.2, 0.25) is 0 Å². The number of cyclic esters (lactones) is 2. The summed E-state index contributed by atoms with van der Waals surface area (Å²) >= 11 is 0. The Morgan fingerprint density at radius 3 is 2.33 bits per heavy atom. The monoisotopic (exact) mass is 335 g/mol. The lowest BCUT2D eigenvalue weighted by atomic mass is 10.1. The number of hydrogen-bond acceptors (Lipinski definition) is 8. The molecule has 0 radical (unpaired) electrons. The Labute approximate surface area is 138 Å². The van der Waals surface area contributed by atoms with E-state index in [0.29, 0.717) is 11.4 Å². The Morgan fingerprint density at radius 1 is 1.17 bits per heavy atom. The number of ether oxygens (including phenoxy) is 4. The van der Waals surface area contributed by atoms with E-state index in [1.807, 2.05) is 0 Å². The fourth-order valence-electron chi connectivity index (χ4n) is 2.00. The van der Waals surface area contributed by atoms with Gasteiger partial charge < -0.3 is 24.3 Å². The second kappa shape index (κ2) is 6.61. The Morgan fingerprint density at radius 2 is 1.79 bits per heavy atom. The molecule has 0 bridgehead atoms. The van der Waals surface area contributed by atoms with Crippen LogP contribution in [0.4, 0.5) is 5.69 Å². The van der Waals surface area contributed by atoms with Crippen molar-refractivity contribution >= 4 is 23.6 Å². The van der Waals surface area contributed by atoms with E-state index in [-0.39, 0.29) is 11.1 Å². The second-order valence-electron chi connectivity index (χ2n) is 5.29. The molecule has 1 aliphatic rings. The highest BCUT2D eigenvalue weighted by Gasteiger charge is 2.38. The number of hydrogen-bond donors (Lipinski definition) is 1. The molecule has 0 saturated carbocycles. The molecular formula is C16H17NO7. The van der Waals surface area contributed by atoms with Crippen LogP contribution in [-0.2, 0) is 23.8 Å². The minimum atomic E-state index is -1.30. The van der Waals surface area contributed by atoms with Crippen molar-refractivity contribution in [3.05, 3.63) is 35.5 Å². The first kappa shape index (κ1) is 17.3. The van der Waals surface area contributed by atoms with E-state index in [9.17, 15) is 14.4 Å². The van der Waals surface area contributed by atoms with Crippen molar-refractivity contribution in [2.24, 2.45) is 0 Å². The first-order chi connectivity index (χ1) is 11.3. The van der Waals surface area contributed by atoms with Crippen molar-refractivity contribution < 1.29 is 33.3 Å². The Hall–Kier alpha value is -3.03. The van der Waals surface area contributed by atoms with Crippen molar-refractivity contribution in [2.75, 3.05) is 19.5 Å². The van der Waals surface area contributed by atoms with Gasteiger partial charge in [-0.1, -0.05) is 0 Å². The summed E-state index contributed by atoms with van der Waals surface area (Å²) in [4.78, 5) is 35.4. The molecule has 0 aromatic heterocycles. The van der Waals surface area contributed by atoms with Crippen molar-refractivity contribution in [2.45, 2.75) is 19.6 Å². The number of carbonyl (C=O) groups excluding carboxylic acids is 3. The summed E-state index contributed by atoms with van der Waals surface area (Å²) in [6.07, 6.45) is 1.16. The smallest absolute Gasteiger partial charge is 0.350 e. The van der Waals surface area contributed by atoms with Crippen LogP contribution in [0, 0.1) is 0 Å². The normalized spacial score (nSPS) is 15.9. The molecule has 24 heavy (non-hydrogen) atoms. The molecule has 1 N–H and O–H groups in total. The van der Waals surface area contributed by atoms with Crippen molar-refractivity contribution in [3.63, 3.8) is 0 Å². The molecule has 0 amide bonds. The van der Waals surface area contributed by atoms with Crippen molar-refractivity contribution in [1.82, 2.24) is 0 Å². The Balaban J connectivity index is 2.24. The number of nitrogens with one attached hydrogen (secondary N) is 1. The molecule has 8 heteroatoms. The maximum absolute atomic E-state index is 11.8. The number of rotatable bonds is 4. The zero-order valence-electron chi connectivity index (χ0n) is 13.7. The second-order valence-corrected chi connectivity index (χ2v) is 5.29. The van der Waals surface area contributed by atoms with E-state index in [1.165, 1.54) is 34.1 Å². The fourth-order valence-corrected chi connectivity index (χ4v) is 2.00. The number of esters is 3. The maximum atomic E-state index is 11.8. The van der Waals surface area contributed by atoms with Gasteiger partial charge in [0, 0.05) is 25.7 Å². The SMILES string of the molecule is COC(=O)c1cc(NC=C2C(=O)OC(C)(C)OC2=O)ccc1OC. The zero-order valence-corrected chi connectivity index (χ0v) is 13.7. The van der Waals surface area contributed by atoms with Gasteiger partial charge in [0.05, 0.1) is 14.2 Å². The largest absolute Gasteiger partial charge is 0.496 e. The van der Waals surface area contributed by atoms with Crippen LogP contribution in [-0.4, -0.2) is 37.9 Å². The van der Waals surface area contributed by atoms with E-state index < -0.39 is 23.7 Å². The van der Waals surface area contributed by atoms with Crippen LogP contribution < -0.4 is 10.1 Å². The lowest BCUT2D eigenvalue weighted by Crippen LogP contribution is -2.42. The predicted octanol–water partition coefficient (Wildman–Crippen LogP) is 1.61. The van der Waals surface area contributed by atoms with Gasteiger partial charge >= 0.3 is 17.9 Å². The summed E-state index contributed by atoms with van der Waals surface area (Å²) < 4.78 is 19.7. The average Bonchev–Trinajstić information content (AvgIpc) is 2.52. The first-order valence-electron chi connectivity index (χ1n) is 6.97. The minimum absolute atomic E-state index is 0.193. The van der Waals surface area contributed by atoms with E-state index in [0.717, 1.165) is 6.20 Å². The summed E-state index contributed by atoms with van der Waals surface area (Å²) in [7, 11) is 2.67. The van der Waals surface area contributed by atoms with Gasteiger partial charge in [-0.15, -0.1) is 0 Å². The summed E-state index contributed by atoms with van der Waals surface area (Å²) in [5, 5.41) is 2.75. The van der Waals surface area contributed by atoms with Crippen molar-refractivity contribution in [3.8, 4) is 5.75 Å². The Kier molecular flexibility index (Phi) is 4.77. The first-order valence-corrected chi connectivity index (χ1v) is 6.97. The third-order valence-electron chi connectivity index (χ3n) is 3.10. The Bertz CT molecular complexity index is 699. The van der Waals surface area contributed by atoms with Crippen LogP contribution in [0.25, 0.3) is 0 Å². The predicted molar refractivity (Wildman–Crippen MR) is 82.3 cm³/mol. The maximum Gasteiger partial charge on any atom is 0.350 e. The molecule has 1 heterocycles. The standard InChI is InChI=1S/C16H17NO7/c1-16(2)23-14(19)11(15(20)24-16)8-17-9-5-6-12(21-3)10(7-9)13(18)22-4/h5-8,17H,1-4H3. The quantitative estimate of drug-likeness (QED) is 0.503. The van der Waals surface area contributed by atoms with Crippen LogP contribution in [0.3, 0.4) is 0 Å². The molecule has 1 saturated heterocycles. The zero-order chi connectivity index (χ0) is 17.9. The van der Waals surface area contributed by atoms with Crippen molar-refractivity contribution in [1.29, 1.82) is 0 Å². The summed E-state index contributed by atoms with van der Waals surface area (Å²) in [5.41, 5.74) is 0.345. The summed E-state index contributed by atoms with van der Waals surface area (Å²) in [6.45, 7) is 2.91. The fraction of sp³-hybridized carbons (Fsp3) is 0.312. The summed E-state index contributed by atoms with van der Waals surface area (Å²) in [5.74, 6) is -3.15. The topological polar surface area (TPSA) is 100 Å². The summed E-state index contributed by atoms with van der Waals surface area (Å²) in [6, 6.07) is 4.62. The minimum Gasteiger partial charge on any atom is -0.496 e. The highest BCUT2D eigenvalue weighted by Crippen LogP contribution is 2.25. The highest BCUT2D eigenvalue weighted by atomic mass is 16.7. The molecule has 0 atom stereocenters. The third kappa shape index (κ3) is 3.65. The van der Waals surface area contributed by atoms with Crippen LogP contribution in [0.5, 0.6) is 5.75 Å². The molecule has 0 unspecified atom stereocenters. The van der Waals surface area contributed by atoms with Crippen LogP contribution >= 0.6 is 0 Å². The lowest BCUT2D eigenvalue weighted by molar-refractivity contribution is -0.222. The van der Waals surface area contributed by atoms with E-state index >= 15 is 0 Å². The van der Waals surface area contributed by atoms with Gasteiger partial charge in [0.25, 0.3) is 5.79 Å². The van der Waals surface area contributed by atoms with E-state index in [1.54, 1.807) is 12.1 Å². The van der Waals surface area contributed by atoms with E-state index in [2.05, 4.69) is 10.1 Å². The number of benzene rings is 1. The van der Waals surface area contributed by atoms with Gasteiger partial charge in [-0.25, -0.2) is 14.4 Å². The molecule has 1 aromatic rings. The highest BCUT2D eigenvalue weighted by molar-refractivity contribution is 6.15. The lowest BCUT2D eigenvalue weighted by Gasteiger charge is -2.29. The molecule has 1 aromatic carbocycles.